The van der Waals surface area contributed by atoms with Crippen LogP contribution in [0.15, 0.2) is 12.3 Å². The van der Waals surface area contributed by atoms with E-state index in [2.05, 4.69) is 4.98 Å². The van der Waals surface area contributed by atoms with Crippen molar-refractivity contribution < 1.29 is 13.2 Å². The third-order valence-corrected chi connectivity index (χ3v) is 3.80. The largest absolute Gasteiger partial charge is 0.393 e. The SMILES string of the molecule is FC(F)(F)C1CCCN(c2ncc(CCl)cc2Cl)C1. The molecule has 0 spiro atoms. The Kier molecular flexibility index (Phi) is 4.46. The summed E-state index contributed by atoms with van der Waals surface area (Å²) in [6, 6.07) is 1.65. The molecule has 0 saturated carbocycles. The Morgan fingerprint density at radius 2 is 2.16 bits per heavy atom. The number of hydrogen-bond acceptors (Lipinski definition) is 2. The van der Waals surface area contributed by atoms with Crippen molar-refractivity contribution in [2.75, 3.05) is 18.0 Å². The predicted octanol–water partition coefficient (Wildman–Crippen LogP) is 4.25. The fraction of sp³-hybridized carbons (Fsp3) is 0.583. The van der Waals surface area contributed by atoms with Crippen molar-refractivity contribution in [1.29, 1.82) is 0 Å². The molecule has 0 bridgehead atoms. The molecule has 1 atom stereocenters. The summed E-state index contributed by atoms with van der Waals surface area (Å²) in [5, 5.41) is 0.348. The molecule has 1 aromatic rings. The van der Waals surface area contributed by atoms with Gasteiger partial charge in [0.2, 0.25) is 0 Å². The highest BCUT2D eigenvalue weighted by atomic mass is 35.5. The van der Waals surface area contributed by atoms with Gasteiger partial charge in [-0.2, -0.15) is 13.2 Å². The van der Waals surface area contributed by atoms with Gasteiger partial charge in [-0.05, 0) is 24.5 Å². The molecule has 1 aliphatic heterocycles. The number of piperidine rings is 1. The molecule has 2 nitrogen and oxygen atoms in total. The first kappa shape index (κ1) is 14.7. The average molecular weight is 313 g/mol. The second kappa shape index (κ2) is 5.75. The monoisotopic (exact) mass is 312 g/mol. The fourth-order valence-corrected chi connectivity index (χ4v) is 2.67. The Morgan fingerprint density at radius 1 is 1.42 bits per heavy atom. The van der Waals surface area contributed by atoms with E-state index < -0.39 is 12.1 Å². The number of anilines is 1. The van der Waals surface area contributed by atoms with Crippen molar-refractivity contribution in [1.82, 2.24) is 4.98 Å². The second-order valence-electron chi connectivity index (χ2n) is 4.61. The van der Waals surface area contributed by atoms with Gasteiger partial charge in [0, 0.05) is 25.2 Å². The normalized spacial score (nSPS) is 20.7. The molecule has 1 aromatic heterocycles. The van der Waals surface area contributed by atoms with Crippen LogP contribution in [0.5, 0.6) is 0 Å². The first-order valence-corrected chi connectivity index (χ1v) is 6.85. The molecule has 1 aliphatic rings. The van der Waals surface area contributed by atoms with E-state index in [1.807, 2.05) is 0 Å². The van der Waals surface area contributed by atoms with Gasteiger partial charge in [-0.3, -0.25) is 0 Å². The highest BCUT2D eigenvalue weighted by molar-refractivity contribution is 6.33. The van der Waals surface area contributed by atoms with Crippen LogP contribution in [-0.2, 0) is 5.88 Å². The zero-order chi connectivity index (χ0) is 14.0. The molecule has 1 saturated heterocycles. The minimum atomic E-state index is -4.17. The van der Waals surface area contributed by atoms with Gasteiger partial charge in [-0.1, -0.05) is 11.6 Å². The maximum Gasteiger partial charge on any atom is 0.393 e. The summed E-state index contributed by atoms with van der Waals surface area (Å²) in [6.07, 6.45) is -1.97. The Hall–Kier alpha value is -0.680. The summed E-state index contributed by atoms with van der Waals surface area (Å²) in [5.74, 6) is -0.630. The summed E-state index contributed by atoms with van der Waals surface area (Å²) in [7, 11) is 0. The van der Waals surface area contributed by atoms with Crippen molar-refractivity contribution in [2.45, 2.75) is 24.9 Å². The minimum Gasteiger partial charge on any atom is -0.355 e. The van der Waals surface area contributed by atoms with Crippen LogP contribution in [0.25, 0.3) is 0 Å². The lowest BCUT2D eigenvalue weighted by Gasteiger charge is -2.34. The highest BCUT2D eigenvalue weighted by Crippen LogP contribution is 2.36. The number of rotatable bonds is 2. The zero-order valence-electron chi connectivity index (χ0n) is 10.1. The van der Waals surface area contributed by atoms with E-state index in [9.17, 15) is 13.2 Å². The van der Waals surface area contributed by atoms with Gasteiger partial charge in [0.1, 0.15) is 5.82 Å². The van der Waals surface area contributed by atoms with Crippen molar-refractivity contribution in [3.05, 3.63) is 22.8 Å². The number of hydrogen-bond donors (Lipinski definition) is 0. The molecule has 0 radical (unpaired) electrons. The van der Waals surface area contributed by atoms with E-state index in [1.165, 1.54) is 0 Å². The first-order chi connectivity index (χ1) is 8.91. The summed E-state index contributed by atoms with van der Waals surface area (Å²) in [4.78, 5) is 5.73. The molecule has 19 heavy (non-hydrogen) atoms. The summed E-state index contributed by atoms with van der Waals surface area (Å²) >= 11 is 11.7. The van der Waals surface area contributed by atoms with Crippen LogP contribution in [-0.4, -0.2) is 24.2 Å². The summed E-state index contributed by atoms with van der Waals surface area (Å²) in [5.41, 5.74) is 0.750. The molecule has 2 rings (SSSR count). The van der Waals surface area contributed by atoms with Crippen molar-refractivity contribution in [2.24, 2.45) is 5.92 Å². The molecule has 1 fully saturated rings. The fourth-order valence-electron chi connectivity index (χ4n) is 2.21. The van der Waals surface area contributed by atoms with E-state index in [0.717, 1.165) is 5.56 Å². The van der Waals surface area contributed by atoms with Gasteiger partial charge >= 0.3 is 6.18 Å². The molecule has 0 aliphatic carbocycles. The van der Waals surface area contributed by atoms with E-state index in [1.54, 1.807) is 17.2 Å². The highest BCUT2D eigenvalue weighted by Gasteiger charge is 2.42. The Balaban J connectivity index is 2.17. The van der Waals surface area contributed by atoms with E-state index in [0.29, 0.717) is 23.8 Å². The van der Waals surface area contributed by atoms with E-state index in [4.69, 9.17) is 23.2 Å². The number of nitrogens with zero attached hydrogens (tertiary/aromatic N) is 2. The van der Waals surface area contributed by atoms with Crippen LogP contribution in [0.3, 0.4) is 0 Å². The molecule has 0 aromatic carbocycles. The van der Waals surface area contributed by atoms with Crippen LogP contribution in [0.1, 0.15) is 18.4 Å². The van der Waals surface area contributed by atoms with Crippen LogP contribution in [0, 0.1) is 5.92 Å². The minimum absolute atomic E-state index is 0.0869. The number of alkyl halides is 4. The zero-order valence-corrected chi connectivity index (χ0v) is 11.6. The van der Waals surface area contributed by atoms with Gasteiger partial charge in [0.25, 0.3) is 0 Å². The molecule has 0 N–H and O–H groups in total. The Bertz CT molecular complexity index is 451. The average Bonchev–Trinajstić information content (AvgIpc) is 2.37. The van der Waals surface area contributed by atoms with Crippen LogP contribution in [0.4, 0.5) is 19.0 Å². The van der Waals surface area contributed by atoms with Crippen molar-refractivity contribution in [3.8, 4) is 0 Å². The quantitative estimate of drug-likeness (QED) is 0.759. The standard InChI is InChI=1S/C12H13Cl2F3N2/c13-5-8-4-10(14)11(18-6-8)19-3-1-2-9(7-19)12(15,16)17/h4,6,9H,1-3,5,7H2. The summed E-state index contributed by atoms with van der Waals surface area (Å²) < 4.78 is 38.3. The van der Waals surface area contributed by atoms with Gasteiger partial charge in [-0.25, -0.2) is 4.98 Å². The molecule has 1 unspecified atom stereocenters. The third kappa shape index (κ3) is 3.45. The van der Waals surface area contributed by atoms with Crippen molar-refractivity contribution >= 4 is 29.0 Å². The maximum absolute atomic E-state index is 12.8. The lowest BCUT2D eigenvalue weighted by molar-refractivity contribution is -0.176. The van der Waals surface area contributed by atoms with Gasteiger partial charge < -0.3 is 4.90 Å². The van der Waals surface area contributed by atoms with Gasteiger partial charge in [-0.15, -0.1) is 11.6 Å². The smallest absolute Gasteiger partial charge is 0.355 e. The van der Waals surface area contributed by atoms with Gasteiger partial charge in [0.05, 0.1) is 10.9 Å². The maximum atomic E-state index is 12.8. The van der Waals surface area contributed by atoms with Gasteiger partial charge in [0.15, 0.2) is 0 Å². The predicted molar refractivity (Wildman–Crippen MR) is 69.8 cm³/mol. The lowest BCUT2D eigenvalue weighted by atomic mass is 9.97. The molecule has 106 valence electrons. The number of aromatic nitrogens is 1. The molecule has 2 heterocycles. The van der Waals surface area contributed by atoms with Crippen LogP contribution < -0.4 is 4.90 Å². The third-order valence-electron chi connectivity index (χ3n) is 3.22. The first-order valence-electron chi connectivity index (χ1n) is 5.94. The second-order valence-corrected chi connectivity index (χ2v) is 5.28. The van der Waals surface area contributed by atoms with Crippen LogP contribution in [0.2, 0.25) is 5.02 Å². The number of pyridine rings is 1. The molecule has 0 amide bonds. The van der Waals surface area contributed by atoms with Crippen molar-refractivity contribution in [3.63, 3.8) is 0 Å². The summed E-state index contributed by atoms with van der Waals surface area (Å²) in [6.45, 7) is 0.454. The molecular weight excluding hydrogens is 300 g/mol. The molecular formula is C12H13Cl2F3N2. The topological polar surface area (TPSA) is 16.1 Å². The van der Waals surface area contributed by atoms with E-state index >= 15 is 0 Å². The van der Waals surface area contributed by atoms with Crippen LogP contribution >= 0.6 is 23.2 Å². The van der Waals surface area contributed by atoms with E-state index in [-0.39, 0.29) is 18.8 Å². The Labute approximate surface area is 119 Å². The lowest BCUT2D eigenvalue weighted by Crippen LogP contribution is -2.42. The molecule has 7 heteroatoms. The Morgan fingerprint density at radius 3 is 2.74 bits per heavy atom. The number of halogens is 5.